The molecule has 2 aromatic rings. The molecule has 3 aliphatic rings. The number of amides is 2. The number of ether oxygens (including phenoxy) is 1. The molecule has 4 atom stereocenters. The monoisotopic (exact) mass is 378 g/mol. The van der Waals surface area contributed by atoms with Gasteiger partial charge in [-0.25, -0.2) is 0 Å². The van der Waals surface area contributed by atoms with Crippen molar-refractivity contribution in [3.8, 4) is 0 Å². The lowest BCUT2D eigenvalue weighted by Crippen LogP contribution is -2.41. The maximum absolute atomic E-state index is 13.2. The smallest absolute Gasteiger partial charge is 0.231 e. The van der Waals surface area contributed by atoms with Gasteiger partial charge in [-0.2, -0.15) is 0 Å². The lowest BCUT2D eigenvalue weighted by atomic mass is 9.76. The molecule has 0 saturated carbocycles. The van der Waals surface area contributed by atoms with Crippen LogP contribution >= 0.6 is 0 Å². The number of aryl methyl sites for hydroxylation is 2. The maximum Gasteiger partial charge on any atom is 0.231 e. The quantitative estimate of drug-likeness (QED) is 0.831. The largest absolute Gasteiger partial charge is 0.467 e. The SMILES string of the molecule is Cc1cc(C)cc(NC(=O)C2C3C=C[C@@]4(CN(Cc5ccco5)C(=O)C24)O3)c1. The number of carbonyl (C=O) groups is 2. The molecule has 3 unspecified atom stereocenters. The van der Waals surface area contributed by atoms with Crippen molar-refractivity contribution in [2.45, 2.75) is 32.1 Å². The third-order valence-electron chi connectivity index (χ3n) is 5.90. The van der Waals surface area contributed by atoms with Gasteiger partial charge in [0.2, 0.25) is 11.8 Å². The van der Waals surface area contributed by atoms with E-state index < -0.39 is 17.4 Å². The van der Waals surface area contributed by atoms with Gasteiger partial charge in [0.1, 0.15) is 11.4 Å². The number of nitrogens with zero attached hydrogens (tertiary/aromatic N) is 1. The molecule has 1 aromatic carbocycles. The minimum atomic E-state index is -0.709. The van der Waals surface area contributed by atoms with E-state index in [-0.39, 0.29) is 17.9 Å². The van der Waals surface area contributed by atoms with Gasteiger partial charge in [-0.15, -0.1) is 0 Å². The molecular formula is C22H22N2O4. The molecule has 144 valence electrons. The summed E-state index contributed by atoms with van der Waals surface area (Å²) in [5.74, 6) is -0.522. The molecule has 5 rings (SSSR count). The average molecular weight is 378 g/mol. The Morgan fingerprint density at radius 3 is 2.79 bits per heavy atom. The molecule has 4 heterocycles. The Morgan fingerprint density at radius 2 is 2.07 bits per heavy atom. The number of rotatable bonds is 4. The Bertz CT molecular complexity index is 960. The molecule has 6 nitrogen and oxygen atoms in total. The number of anilines is 1. The molecule has 2 bridgehead atoms. The molecule has 1 spiro atoms. The van der Waals surface area contributed by atoms with Crippen LogP contribution in [0.1, 0.15) is 16.9 Å². The number of hydrogen-bond donors (Lipinski definition) is 1. The highest BCUT2D eigenvalue weighted by atomic mass is 16.5. The minimum Gasteiger partial charge on any atom is -0.467 e. The highest BCUT2D eigenvalue weighted by Gasteiger charge is 2.66. The van der Waals surface area contributed by atoms with Gasteiger partial charge in [0, 0.05) is 5.69 Å². The van der Waals surface area contributed by atoms with Crippen LogP contribution in [-0.2, 0) is 20.9 Å². The topological polar surface area (TPSA) is 71.8 Å². The van der Waals surface area contributed by atoms with E-state index in [4.69, 9.17) is 9.15 Å². The summed E-state index contributed by atoms with van der Waals surface area (Å²) >= 11 is 0. The first-order valence-electron chi connectivity index (χ1n) is 9.53. The van der Waals surface area contributed by atoms with Crippen molar-refractivity contribution in [2.75, 3.05) is 11.9 Å². The van der Waals surface area contributed by atoms with E-state index in [9.17, 15) is 9.59 Å². The fourth-order valence-corrected chi connectivity index (χ4v) is 4.87. The summed E-state index contributed by atoms with van der Waals surface area (Å²) in [5, 5.41) is 3.00. The van der Waals surface area contributed by atoms with Crippen LogP contribution in [0.5, 0.6) is 0 Å². The summed E-state index contributed by atoms with van der Waals surface area (Å²) < 4.78 is 11.5. The first-order valence-corrected chi connectivity index (χ1v) is 9.53. The van der Waals surface area contributed by atoms with Gasteiger partial charge in [-0.3, -0.25) is 9.59 Å². The van der Waals surface area contributed by atoms with E-state index >= 15 is 0 Å². The number of hydrogen-bond acceptors (Lipinski definition) is 4. The van der Waals surface area contributed by atoms with Crippen LogP contribution in [0.4, 0.5) is 5.69 Å². The molecule has 6 heteroatoms. The van der Waals surface area contributed by atoms with E-state index in [0.717, 1.165) is 22.6 Å². The first kappa shape index (κ1) is 17.3. The summed E-state index contributed by atoms with van der Waals surface area (Å²) in [5.41, 5.74) is 2.20. The van der Waals surface area contributed by atoms with E-state index in [2.05, 4.69) is 11.4 Å². The zero-order valence-electron chi connectivity index (χ0n) is 15.8. The number of nitrogens with one attached hydrogen (secondary N) is 1. The van der Waals surface area contributed by atoms with Crippen LogP contribution in [0.2, 0.25) is 0 Å². The second-order valence-corrected chi connectivity index (χ2v) is 8.04. The van der Waals surface area contributed by atoms with Crippen LogP contribution in [0.25, 0.3) is 0 Å². The molecule has 0 aliphatic carbocycles. The van der Waals surface area contributed by atoms with Crippen LogP contribution < -0.4 is 5.32 Å². The van der Waals surface area contributed by atoms with E-state index in [1.165, 1.54) is 0 Å². The summed E-state index contributed by atoms with van der Waals surface area (Å²) in [7, 11) is 0. The minimum absolute atomic E-state index is 0.0520. The Balaban J connectivity index is 1.39. The second kappa shape index (κ2) is 6.07. The number of carbonyl (C=O) groups excluding carboxylic acids is 2. The number of fused-ring (bicyclic) bond motifs is 1. The van der Waals surface area contributed by atoms with Gasteiger partial charge in [0.25, 0.3) is 0 Å². The van der Waals surface area contributed by atoms with Gasteiger partial charge in [-0.05, 0) is 49.2 Å². The lowest BCUT2D eigenvalue weighted by Gasteiger charge is -2.23. The molecule has 1 N–H and O–H groups in total. The number of benzene rings is 1. The Morgan fingerprint density at radius 1 is 1.29 bits per heavy atom. The zero-order chi connectivity index (χ0) is 19.5. The molecule has 2 fully saturated rings. The average Bonchev–Trinajstić information content (AvgIpc) is 3.37. The van der Waals surface area contributed by atoms with Crippen molar-refractivity contribution in [3.63, 3.8) is 0 Å². The van der Waals surface area contributed by atoms with Gasteiger partial charge >= 0.3 is 0 Å². The predicted molar refractivity (Wildman–Crippen MR) is 102 cm³/mol. The van der Waals surface area contributed by atoms with Crippen molar-refractivity contribution in [2.24, 2.45) is 11.8 Å². The maximum atomic E-state index is 13.2. The number of likely N-dealkylation sites (tertiary alicyclic amines) is 1. The van der Waals surface area contributed by atoms with Crippen LogP contribution in [0.3, 0.4) is 0 Å². The molecule has 3 aliphatic heterocycles. The number of furan rings is 1. The Labute approximate surface area is 163 Å². The van der Waals surface area contributed by atoms with E-state index in [1.54, 1.807) is 17.2 Å². The van der Waals surface area contributed by atoms with Crippen molar-refractivity contribution in [3.05, 3.63) is 65.6 Å². The first-order chi connectivity index (χ1) is 13.4. The molecule has 28 heavy (non-hydrogen) atoms. The fourth-order valence-electron chi connectivity index (χ4n) is 4.87. The summed E-state index contributed by atoms with van der Waals surface area (Å²) in [6.45, 7) is 4.82. The second-order valence-electron chi connectivity index (χ2n) is 8.04. The standard InChI is InChI=1S/C22H22N2O4/c1-13-8-14(2)10-15(9-13)23-20(25)18-17-5-6-22(28-17)12-24(21(26)19(18)22)11-16-4-3-7-27-16/h3-10,17-19H,11-12H2,1-2H3,(H,23,25)/t17?,18?,19?,22-/m0/s1. The predicted octanol–water partition coefficient (Wildman–Crippen LogP) is 2.82. The highest BCUT2D eigenvalue weighted by Crippen LogP contribution is 2.52. The van der Waals surface area contributed by atoms with E-state index in [1.807, 2.05) is 44.2 Å². The van der Waals surface area contributed by atoms with Gasteiger partial charge in [0.15, 0.2) is 0 Å². The van der Waals surface area contributed by atoms with Crippen molar-refractivity contribution < 1.29 is 18.7 Å². The lowest BCUT2D eigenvalue weighted by molar-refractivity contribution is -0.136. The van der Waals surface area contributed by atoms with Crippen LogP contribution in [0.15, 0.2) is 53.2 Å². The van der Waals surface area contributed by atoms with Crippen molar-refractivity contribution >= 4 is 17.5 Å². The zero-order valence-corrected chi connectivity index (χ0v) is 15.8. The normalized spacial score (nSPS) is 30.1. The summed E-state index contributed by atoms with van der Waals surface area (Å²) in [4.78, 5) is 28.0. The summed E-state index contributed by atoms with van der Waals surface area (Å²) in [6.07, 6.45) is 5.12. The van der Waals surface area contributed by atoms with Crippen LogP contribution in [0, 0.1) is 25.7 Å². The van der Waals surface area contributed by atoms with Crippen LogP contribution in [-0.4, -0.2) is 35.0 Å². The molecule has 0 radical (unpaired) electrons. The van der Waals surface area contributed by atoms with Gasteiger partial charge in [-0.1, -0.05) is 18.2 Å². The Kier molecular flexibility index (Phi) is 3.74. The Hall–Kier alpha value is -2.86. The molecule has 2 amide bonds. The molecular weight excluding hydrogens is 356 g/mol. The van der Waals surface area contributed by atoms with Crippen molar-refractivity contribution in [1.29, 1.82) is 0 Å². The fraction of sp³-hybridized carbons (Fsp3) is 0.364. The van der Waals surface area contributed by atoms with E-state index in [0.29, 0.717) is 13.1 Å². The van der Waals surface area contributed by atoms with Gasteiger partial charge < -0.3 is 19.4 Å². The highest BCUT2D eigenvalue weighted by molar-refractivity contribution is 5.99. The van der Waals surface area contributed by atoms with Gasteiger partial charge in [0.05, 0.1) is 37.3 Å². The third-order valence-corrected chi connectivity index (χ3v) is 5.90. The summed E-state index contributed by atoms with van der Waals surface area (Å²) in [6, 6.07) is 9.57. The third kappa shape index (κ3) is 2.59. The van der Waals surface area contributed by atoms with Crippen molar-refractivity contribution in [1.82, 2.24) is 4.90 Å². The molecule has 2 saturated heterocycles. The molecule has 1 aromatic heterocycles.